The van der Waals surface area contributed by atoms with Crippen molar-refractivity contribution in [1.29, 1.82) is 0 Å². The van der Waals surface area contributed by atoms with E-state index in [2.05, 4.69) is 17.0 Å². The molecule has 0 radical (unpaired) electrons. The van der Waals surface area contributed by atoms with Gasteiger partial charge < -0.3 is 5.32 Å². The summed E-state index contributed by atoms with van der Waals surface area (Å²) >= 11 is 12.0. The summed E-state index contributed by atoms with van der Waals surface area (Å²) in [6.45, 7) is 2.96. The predicted molar refractivity (Wildman–Crippen MR) is 83.9 cm³/mol. The van der Waals surface area contributed by atoms with Gasteiger partial charge in [-0.25, -0.2) is 13.1 Å². The quantitative estimate of drug-likeness (QED) is 0.715. The number of hydrogen-bond donors (Lipinski definition) is 2. The fourth-order valence-corrected chi connectivity index (χ4v) is 3.70. The number of unbranched alkanes of at least 4 members (excludes halogenated alkanes) is 2. The molecule has 1 aromatic rings. The third kappa shape index (κ3) is 4.90. The lowest BCUT2D eigenvalue weighted by atomic mass is 10.2. The van der Waals surface area contributed by atoms with Crippen LogP contribution in [0.25, 0.3) is 0 Å². The van der Waals surface area contributed by atoms with Crippen LogP contribution >= 0.6 is 23.2 Å². The minimum Gasteiger partial charge on any atom is -0.316 e. The third-order valence-corrected chi connectivity index (χ3v) is 5.11. The van der Waals surface area contributed by atoms with Crippen LogP contribution in [-0.4, -0.2) is 22.0 Å². The molecule has 0 heterocycles. The molecule has 0 aliphatic rings. The molecule has 20 heavy (non-hydrogen) atoms. The highest BCUT2D eigenvalue weighted by molar-refractivity contribution is 7.89. The molecule has 0 spiro atoms. The average molecular weight is 339 g/mol. The van der Waals surface area contributed by atoms with E-state index >= 15 is 0 Å². The smallest absolute Gasteiger partial charge is 0.242 e. The molecular weight excluding hydrogens is 319 g/mol. The van der Waals surface area contributed by atoms with Crippen LogP contribution in [0.2, 0.25) is 10.0 Å². The summed E-state index contributed by atoms with van der Waals surface area (Å²) in [4.78, 5) is 0.0744. The van der Waals surface area contributed by atoms with Crippen molar-refractivity contribution in [2.24, 2.45) is 0 Å². The number of halogens is 2. The highest BCUT2D eigenvalue weighted by Gasteiger charge is 2.19. The van der Waals surface area contributed by atoms with Crippen LogP contribution in [-0.2, 0) is 16.6 Å². The maximum absolute atomic E-state index is 12.2. The van der Waals surface area contributed by atoms with Crippen LogP contribution in [0, 0.1) is 0 Å². The molecule has 0 amide bonds. The van der Waals surface area contributed by atoms with Crippen LogP contribution in [0.1, 0.15) is 31.7 Å². The maximum Gasteiger partial charge on any atom is 0.242 e. The molecule has 0 bridgehead atoms. The summed E-state index contributed by atoms with van der Waals surface area (Å²) in [5, 5.41) is 3.53. The average Bonchev–Trinajstić information content (AvgIpc) is 2.38. The Morgan fingerprint density at radius 2 is 1.85 bits per heavy atom. The Kier molecular flexibility index (Phi) is 7.26. The van der Waals surface area contributed by atoms with E-state index in [1.807, 2.05) is 0 Å². The molecule has 0 aliphatic heterocycles. The summed E-state index contributed by atoms with van der Waals surface area (Å²) in [6.07, 6.45) is 2.84. The minimum atomic E-state index is -3.60. The van der Waals surface area contributed by atoms with Crippen molar-refractivity contribution in [2.75, 3.05) is 13.6 Å². The predicted octanol–water partition coefficient (Wildman–Crippen LogP) is 3.18. The van der Waals surface area contributed by atoms with Crippen LogP contribution in [0.15, 0.2) is 17.0 Å². The number of benzene rings is 1. The highest BCUT2D eigenvalue weighted by Crippen LogP contribution is 2.28. The van der Waals surface area contributed by atoms with Gasteiger partial charge in [-0.1, -0.05) is 43.0 Å². The van der Waals surface area contributed by atoms with Gasteiger partial charge in [0.05, 0.1) is 5.02 Å². The first-order chi connectivity index (χ1) is 9.42. The molecule has 0 saturated carbocycles. The molecule has 0 atom stereocenters. The van der Waals surface area contributed by atoms with Gasteiger partial charge in [-0.2, -0.15) is 0 Å². The first-order valence-electron chi connectivity index (χ1n) is 6.54. The summed E-state index contributed by atoms with van der Waals surface area (Å²) in [6, 6.07) is 2.99. The lowest BCUT2D eigenvalue weighted by Gasteiger charge is -2.11. The van der Waals surface area contributed by atoms with E-state index in [9.17, 15) is 8.42 Å². The first kappa shape index (κ1) is 17.7. The molecule has 0 saturated heterocycles. The van der Waals surface area contributed by atoms with Gasteiger partial charge >= 0.3 is 0 Å². The second kappa shape index (κ2) is 8.20. The summed E-state index contributed by atoms with van der Waals surface area (Å²) in [5.41, 5.74) is 0.701. The molecule has 2 N–H and O–H groups in total. The number of sulfonamides is 1. The maximum atomic E-state index is 12.2. The van der Waals surface area contributed by atoms with E-state index in [-0.39, 0.29) is 9.92 Å². The van der Waals surface area contributed by atoms with E-state index in [1.54, 1.807) is 7.05 Å². The van der Waals surface area contributed by atoms with Gasteiger partial charge in [0.15, 0.2) is 0 Å². The molecule has 0 aromatic heterocycles. The monoisotopic (exact) mass is 338 g/mol. The Morgan fingerprint density at radius 1 is 1.15 bits per heavy atom. The SMILES string of the molecule is CCCCCNS(=O)(=O)c1cc(CNC)c(Cl)cc1Cl. The largest absolute Gasteiger partial charge is 0.316 e. The van der Waals surface area contributed by atoms with Crippen molar-refractivity contribution in [3.63, 3.8) is 0 Å². The fraction of sp³-hybridized carbons (Fsp3) is 0.538. The summed E-state index contributed by atoms with van der Waals surface area (Å²) in [7, 11) is -1.83. The Morgan fingerprint density at radius 3 is 2.45 bits per heavy atom. The molecule has 0 aliphatic carbocycles. The van der Waals surface area contributed by atoms with Crippen molar-refractivity contribution in [3.8, 4) is 0 Å². The van der Waals surface area contributed by atoms with Gasteiger partial charge in [-0.3, -0.25) is 0 Å². The molecule has 7 heteroatoms. The zero-order valence-corrected chi connectivity index (χ0v) is 14.0. The van der Waals surface area contributed by atoms with Gasteiger partial charge in [0, 0.05) is 18.1 Å². The van der Waals surface area contributed by atoms with Crippen LogP contribution in [0.3, 0.4) is 0 Å². The zero-order valence-electron chi connectivity index (χ0n) is 11.7. The third-order valence-electron chi connectivity index (χ3n) is 2.83. The Labute approximate surface area is 130 Å². The normalized spacial score (nSPS) is 11.8. The second-order valence-corrected chi connectivity index (χ2v) is 7.06. The lowest BCUT2D eigenvalue weighted by Crippen LogP contribution is -2.25. The van der Waals surface area contributed by atoms with Crippen molar-refractivity contribution < 1.29 is 8.42 Å². The second-order valence-electron chi connectivity index (χ2n) is 4.51. The number of hydrogen-bond acceptors (Lipinski definition) is 3. The topological polar surface area (TPSA) is 58.2 Å². The van der Waals surface area contributed by atoms with Crippen LogP contribution < -0.4 is 10.0 Å². The summed E-state index contributed by atoms with van der Waals surface area (Å²) in [5.74, 6) is 0. The Hall–Kier alpha value is -0.330. The van der Waals surface area contributed by atoms with Gasteiger partial charge in [-0.05, 0) is 31.2 Å². The number of rotatable bonds is 8. The van der Waals surface area contributed by atoms with Crippen molar-refractivity contribution in [3.05, 3.63) is 27.7 Å². The van der Waals surface area contributed by atoms with Crippen molar-refractivity contribution in [2.45, 2.75) is 37.6 Å². The van der Waals surface area contributed by atoms with Crippen LogP contribution in [0.4, 0.5) is 0 Å². The fourth-order valence-electron chi connectivity index (χ4n) is 1.76. The molecular formula is C13H20Cl2N2O2S. The molecule has 1 aromatic carbocycles. The van der Waals surface area contributed by atoms with E-state index < -0.39 is 10.0 Å². The lowest BCUT2D eigenvalue weighted by molar-refractivity contribution is 0.576. The highest BCUT2D eigenvalue weighted by atomic mass is 35.5. The zero-order chi connectivity index (χ0) is 15.2. The van der Waals surface area contributed by atoms with E-state index in [0.717, 1.165) is 19.3 Å². The van der Waals surface area contributed by atoms with Gasteiger partial charge in [0.1, 0.15) is 4.90 Å². The number of nitrogens with one attached hydrogen (secondary N) is 2. The van der Waals surface area contributed by atoms with Gasteiger partial charge in [0.25, 0.3) is 0 Å². The van der Waals surface area contributed by atoms with E-state index in [4.69, 9.17) is 23.2 Å². The molecule has 1 rings (SSSR count). The van der Waals surface area contributed by atoms with Gasteiger partial charge in [0.2, 0.25) is 10.0 Å². The standard InChI is InChI=1S/C13H20Cl2N2O2S/c1-3-4-5-6-17-20(18,19)13-7-10(9-16-2)11(14)8-12(13)15/h7-8,16-17H,3-6,9H2,1-2H3. The molecule has 4 nitrogen and oxygen atoms in total. The molecule has 0 unspecified atom stereocenters. The Balaban J connectivity index is 2.96. The van der Waals surface area contributed by atoms with Crippen molar-refractivity contribution >= 4 is 33.2 Å². The van der Waals surface area contributed by atoms with Gasteiger partial charge in [-0.15, -0.1) is 0 Å². The summed E-state index contributed by atoms with van der Waals surface area (Å²) < 4.78 is 27.0. The Bertz CT molecular complexity index is 548. The molecule has 114 valence electrons. The minimum absolute atomic E-state index is 0.0744. The first-order valence-corrected chi connectivity index (χ1v) is 8.78. The van der Waals surface area contributed by atoms with Crippen LogP contribution in [0.5, 0.6) is 0 Å². The molecule has 0 fully saturated rings. The van der Waals surface area contributed by atoms with Crippen molar-refractivity contribution in [1.82, 2.24) is 10.0 Å². The van der Waals surface area contributed by atoms with E-state index in [1.165, 1.54) is 12.1 Å². The van der Waals surface area contributed by atoms with E-state index in [0.29, 0.717) is 23.7 Å².